The lowest BCUT2D eigenvalue weighted by molar-refractivity contribution is 0.590. The first-order valence-electron chi connectivity index (χ1n) is 41.7. The van der Waals surface area contributed by atoms with Gasteiger partial charge in [-0.1, -0.05) is 286 Å². The Morgan fingerprint density at radius 3 is 1.18 bits per heavy atom. The van der Waals surface area contributed by atoms with Gasteiger partial charge in [-0.05, 0) is 226 Å². The molecular weight excluding hydrogens is 1420 g/mol. The minimum Gasteiger partial charge on any atom is -0.456 e. The monoisotopic (exact) mass is 1510 g/mol. The molecule has 0 aliphatic carbocycles. The number of fused-ring (bicyclic) bond motifs is 16. The molecule has 19 aromatic rings. The van der Waals surface area contributed by atoms with Crippen molar-refractivity contribution in [1.29, 1.82) is 0 Å². The summed E-state index contributed by atoms with van der Waals surface area (Å²) < 4.78 is 14.9. The number of nitrogens with zero attached hydrogens (tertiary/aromatic N) is 5. The van der Waals surface area contributed by atoms with Crippen LogP contribution in [0.5, 0.6) is 0 Å². The smallest absolute Gasteiger partial charge is 0.252 e. The number of hydrogen-bond donors (Lipinski definition) is 0. The predicted molar refractivity (Wildman–Crippen MR) is 501 cm³/mol. The van der Waals surface area contributed by atoms with Gasteiger partial charge in [0.1, 0.15) is 11.2 Å². The topological polar surface area (TPSA) is 34.4 Å². The van der Waals surface area contributed by atoms with Gasteiger partial charge < -0.3 is 27.9 Å². The van der Waals surface area contributed by atoms with E-state index in [-0.39, 0.29) is 33.8 Å². The minimum atomic E-state index is -0.312. The summed E-state index contributed by atoms with van der Waals surface area (Å²) in [7, 11) is 0. The fraction of sp³-hybridized carbons (Fsp3) is 0.182. The highest BCUT2D eigenvalue weighted by Gasteiger charge is 2.46. The third kappa shape index (κ3) is 11.4. The maximum absolute atomic E-state index is 7.26. The van der Waals surface area contributed by atoms with E-state index in [1.54, 1.807) is 0 Å². The highest BCUT2D eigenvalue weighted by molar-refractivity contribution is 7.00. The van der Waals surface area contributed by atoms with Crippen molar-refractivity contribution < 1.29 is 4.42 Å². The van der Waals surface area contributed by atoms with Gasteiger partial charge in [-0.15, -0.1) is 0 Å². The summed E-state index contributed by atoms with van der Waals surface area (Å²) >= 11 is 0. The molecule has 4 aromatic heterocycles. The van der Waals surface area contributed by atoms with Gasteiger partial charge in [-0.25, -0.2) is 0 Å². The SMILES string of the molecule is CC(C)(C)c1cccc(-c2cc3c4c(c2)N(c2c(-c5ccccc5)ccc5c2c2ccccc2n5-c2ccccc2)c2cc(-n5c6ccc(C(C)(C)C)cc6c6cc(C(C)(C)C)ccc65)ccc2B4c2ccc(-n4c5ccc(C(C)(C)C)cc5c5cc(C(C)(C)C)ccc54)cc2N3c2cc(-c3ccccc3)cc3oc4ccccc4c23)c1. The van der Waals surface area contributed by atoms with Crippen LogP contribution in [-0.2, 0) is 27.1 Å². The van der Waals surface area contributed by atoms with Crippen molar-refractivity contribution in [2.75, 3.05) is 9.80 Å². The Morgan fingerprint density at radius 2 is 0.650 bits per heavy atom. The molecule has 7 heteroatoms. The van der Waals surface area contributed by atoms with Crippen LogP contribution in [0.1, 0.15) is 132 Å². The van der Waals surface area contributed by atoms with Crippen LogP contribution in [0.15, 0.2) is 314 Å². The molecule has 2 aliphatic rings. The lowest BCUT2D eigenvalue weighted by Crippen LogP contribution is -2.61. The fourth-order valence-electron chi connectivity index (χ4n) is 19.3. The molecule has 21 rings (SSSR count). The van der Waals surface area contributed by atoms with Gasteiger partial charge in [-0.2, -0.15) is 0 Å². The average molecular weight is 1510 g/mol. The van der Waals surface area contributed by atoms with Crippen molar-refractivity contribution in [3.8, 4) is 50.4 Å². The van der Waals surface area contributed by atoms with Gasteiger partial charge in [0.2, 0.25) is 0 Å². The molecular formula is C110H96BN5O. The Labute approximate surface area is 686 Å². The average Bonchev–Trinajstić information content (AvgIpc) is 1.17. The molecule has 0 saturated heterocycles. The normalized spacial score (nSPS) is 13.4. The van der Waals surface area contributed by atoms with Crippen LogP contribution in [0.4, 0.5) is 34.1 Å². The van der Waals surface area contributed by atoms with Crippen molar-refractivity contribution in [1.82, 2.24) is 13.7 Å². The van der Waals surface area contributed by atoms with Gasteiger partial charge in [0.05, 0.1) is 49.9 Å². The van der Waals surface area contributed by atoms with Crippen molar-refractivity contribution in [2.24, 2.45) is 0 Å². The number of aromatic nitrogens is 3. The summed E-state index contributed by atoms with van der Waals surface area (Å²) in [5.74, 6) is 0. The minimum absolute atomic E-state index is 0.0777. The number of rotatable bonds is 8. The molecule has 6 nitrogen and oxygen atoms in total. The van der Waals surface area contributed by atoms with Gasteiger partial charge in [-0.3, -0.25) is 0 Å². The van der Waals surface area contributed by atoms with E-state index in [1.807, 2.05) is 0 Å². The van der Waals surface area contributed by atoms with Crippen LogP contribution in [0.3, 0.4) is 0 Å². The molecule has 0 saturated carbocycles. The van der Waals surface area contributed by atoms with Crippen molar-refractivity contribution in [3.05, 3.63) is 337 Å². The lowest BCUT2D eigenvalue weighted by Gasteiger charge is -2.45. The van der Waals surface area contributed by atoms with Crippen LogP contribution in [0.2, 0.25) is 0 Å². The second-order valence-corrected chi connectivity index (χ2v) is 38.2. The maximum atomic E-state index is 7.26. The Hall–Kier alpha value is -12.8. The first-order valence-corrected chi connectivity index (χ1v) is 41.7. The van der Waals surface area contributed by atoms with Crippen molar-refractivity contribution in [3.63, 3.8) is 0 Å². The zero-order valence-electron chi connectivity index (χ0n) is 69.7. The van der Waals surface area contributed by atoms with E-state index in [2.05, 4.69) is 437 Å². The summed E-state index contributed by atoms with van der Waals surface area (Å²) in [4.78, 5) is 5.43. The molecule has 0 amide bonds. The van der Waals surface area contributed by atoms with Crippen molar-refractivity contribution in [2.45, 2.75) is 131 Å². The summed E-state index contributed by atoms with van der Waals surface area (Å²) in [5.41, 5.74) is 34.7. The number of benzene rings is 15. The summed E-state index contributed by atoms with van der Waals surface area (Å²) in [6, 6.07) is 119. The van der Waals surface area contributed by atoms with E-state index in [4.69, 9.17) is 4.42 Å². The van der Waals surface area contributed by atoms with Crippen LogP contribution in [0, 0.1) is 0 Å². The van der Waals surface area contributed by atoms with Gasteiger partial charge in [0.15, 0.2) is 0 Å². The molecule has 0 atom stereocenters. The highest BCUT2D eigenvalue weighted by Crippen LogP contribution is 2.56. The summed E-state index contributed by atoms with van der Waals surface area (Å²) in [5, 5.41) is 9.43. The van der Waals surface area contributed by atoms with Crippen LogP contribution in [-0.4, -0.2) is 20.4 Å². The van der Waals surface area contributed by atoms with Gasteiger partial charge in [0.25, 0.3) is 6.71 Å². The van der Waals surface area contributed by atoms with Gasteiger partial charge in [0, 0.05) is 83.1 Å². The van der Waals surface area contributed by atoms with E-state index in [9.17, 15) is 0 Å². The zero-order valence-corrected chi connectivity index (χ0v) is 69.7. The van der Waals surface area contributed by atoms with Gasteiger partial charge >= 0.3 is 0 Å². The largest absolute Gasteiger partial charge is 0.456 e. The summed E-state index contributed by atoms with van der Waals surface area (Å²) in [6.07, 6.45) is 0. The lowest BCUT2D eigenvalue weighted by atomic mass is 9.33. The molecule has 0 unspecified atom stereocenters. The Kier molecular flexibility index (Phi) is 15.9. The van der Waals surface area contributed by atoms with E-state index >= 15 is 0 Å². The summed E-state index contributed by atoms with van der Waals surface area (Å²) in [6.45, 7) is 34.7. The van der Waals surface area contributed by atoms with Crippen LogP contribution in [0.25, 0.3) is 138 Å². The number of furan rings is 1. The molecule has 0 radical (unpaired) electrons. The standard InChI is InChI=1S/C110H96BN5O/c1-106(2,3)72-35-29-34-69(56-72)70-58-98-104-99(59-70)116(105-80(68-32-21-17-22-33-68)48-55-94-103(105)81-38-25-27-40-89(81)112(94)77-36-23-18-24-37-77)96-66-79(114-92-53-44-75(109(10,11)12)63-85(92)86-64-76(110(13,14)15)45-54-93(86)114)47-50-88(96)111(104)87-49-46-78(113-90-51-42-73(107(4,5)6)61-83(90)84-62-74(108(7,8)9)43-52-91(84)113)65-95(87)115(98)97-57-71(67-30-19-16-20-31-67)60-101-102(97)82-39-26-28-41-100(82)117-101/h16-66H,1-15H3. The molecule has 570 valence electrons. The second-order valence-electron chi connectivity index (χ2n) is 38.2. The maximum Gasteiger partial charge on any atom is 0.252 e. The highest BCUT2D eigenvalue weighted by atomic mass is 16.3. The molecule has 15 aromatic carbocycles. The van der Waals surface area contributed by atoms with E-state index in [0.717, 1.165) is 123 Å². The second kappa shape index (κ2) is 25.8. The molecule has 0 spiro atoms. The van der Waals surface area contributed by atoms with Crippen LogP contribution < -0.4 is 26.2 Å². The number of hydrogen-bond acceptors (Lipinski definition) is 3. The third-order valence-electron chi connectivity index (χ3n) is 25.6. The van der Waals surface area contributed by atoms with E-state index < -0.39 is 0 Å². The van der Waals surface area contributed by atoms with E-state index in [0.29, 0.717) is 0 Å². The Bertz CT molecular complexity index is 7190. The molecule has 0 fully saturated rings. The molecule has 6 heterocycles. The molecule has 117 heavy (non-hydrogen) atoms. The van der Waals surface area contributed by atoms with E-state index in [1.165, 1.54) is 93.2 Å². The fourth-order valence-corrected chi connectivity index (χ4v) is 19.3. The Balaban J connectivity index is 0.955. The zero-order chi connectivity index (χ0) is 80.3. The Morgan fingerprint density at radius 1 is 0.239 bits per heavy atom. The first-order chi connectivity index (χ1) is 56.2. The predicted octanol–water partition coefficient (Wildman–Crippen LogP) is 28.4. The molecule has 0 bridgehead atoms. The number of anilines is 6. The molecule has 2 aliphatic heterocycles. The quantitative estimate of drug-likeness (QED) is 0.142. The van der Waals surface area contributed by atoms with Crippen LogP contribution >= 0.6 is 0 Å². The first kappa shape index (κ1) is 71.9. The number of para-hydroxylation sites is 3. The van der Waals surface area contributed by atoms with Crippen molar-refractivity contribution >= 4 is 145 Å². The molecule has 0 N–H and O–H groups in total. The third-order valence-corrected chi connectivity index (χ3v) is 25.6.